The van der Waals surface area contributed by atoms with E-state index in [0.29, 0.717) is 30.5 Å². The number of aryl methyl sites for hydroxylation is 2. The van der Waals surface area contributed by atoms with Crippen LogP contribution >= 0.6 is 0 Å². The number of rotatable bonds is 3. The van der Waals surface area contributed by atoms with Gasteiger partial charge in [0.1, 0.15) is 0 Å². The standard InChI is InChI=1S/C16H26N4O3S/c1-12-15(11-18(2)17-12)16(21)19-7-4-14(10-19)13-5-8-20(9-6-13)24(3,22)23/h11,13-14H,4-10H2,1-3H3. The molecule has 0 bridgehead atoms. The normalized spacial score (nSPS) is 23.8. The number of hydrogen-bond donors (Lipinski definition) is 0. The molecule has 0 saturated carbocycles. The molecule has 7 nitrogen and oxygen atoms in total. The molecular weight excluding hydrogens is 328 g/mol. The van der Waals surface area contributed by atoms with Crippen molar-refractivity contribution in [2.45, 2.75) is 26.2 Å². The summed E-state index contributed by atoms with van der Waals surface area (Å²) >= 11 is 0. The van der Waals surface area contributed by atoms with E-state index in [2.05, 4.69) is 5.10 Å². The first-order valence-corrected chi connectivity index (χ1v) is 10.3. The van der Waals surface area contributed by atoms with Crippen molar-refractivity contribution in [2.75, 3.05) is 32.4 Å². The van der Waals surface area contributed by atoms with Gasteiger partial charge in [0.25, 0.3) is 5.91 Å². The number of likely N-dealkylation sites (tertiary alicyclic amines) is 1. The van der Waals surface area contributed by atoms with Crippen LogP contribution in [0.15, 0.2) is 6.20 Å². The average Bonchev–Trinajstić information content (AvgIpc) is 3.12. The molecule has 134 valence electrons. The molecule has 2 fully saturated rings. The third-order valence-corrected chi connectivity index (χ3v) is 6.69. The SMILES string of the molecule is Cc1nn(C)cc1C(=O)N1CCC(C2CCN(S(C)(=O)=O)CC2)C1. The molecule has 8 heteroatoms. The van der Waals surface area contributed by atoms with E-state index in [1.165, 1.54) is 6.26 Å². The van der Waals surface area contributed by atoms with Crippen LogP contribution in [0, 0.1) is 18.8 Å². The number of piperidine rings is 1. The lowest BCUT2D eigenvalue weighted by Crippen LogP contribution is -2.40. The molecular formula is C16H26N4O3S. The number of nitrogens with zero attached hydrogens (tertiary/aromatic N) is 4. The summed E-state index contributed by atoms with van der Waals surface area (Å²) in [7, 11) is -1.25. The van der Waals surface area contributed by atoms with Crippen molar-refractivity contribution in [2.24, 2.45) is 18.9 Å². The van der Waals surface area contributed by atoms with Gasteiger partial charge in [0, 0.05) is 39.4 Å². The van der Waals surface area contributed by atoms with Gasteiger partial charge in [-0.2, -0.15) is 5.10 Å². The van der Waals surface area contributed by atoms with E-state index >= 15 is 0 Å². The summed E-state index contributed by atoms with van der Waals surface area (Å²) in [5.74, 6) is 1.06. The van der Waals surface area contributed by atoms with Crippen molar-refractivity contribution in [3.8, 4) is 0 Å². The molecule has 0 spiro atoms. The van der Waals surface area contributed by atoms with E-state index in [-0.39, 0.29) is 5.91 Å². The second-order valence-electron chi connectivity index (χ2n) is 7.10. The average molecular weight is 354 g/mol. The van der Waals surface area contributed by atoms with Gasteiger partial charge in [-0.1, -0.05) is 0 Å². The molecule has 3 heterocycles. The van der Waals surface area contributed by atoms with Crippen LogP contribution in [-0.2, 0) is 17.1 Å². The fourth-order valence-corrected chi connectivity index (χ4v) is 4.89. The molecule has 0 N–H and O–H groups in total. The van der Waals surface area contributed by atoms with Crippen LogP contribution in [0.1, 0.15) is 35.3 Å². The van der Waals surface area contributed by atoms with Gasteiger partial charge in [-0.25, -0.2) is 12.7 Å². The largest absolute Gasteiger partial charge is 0.338 e. The molecule has 3 rings (SSSR count). The van der Waals surface area contributed by atoms with Gasteiger partial charge in [-0.15, -0.1) is 0 Å². The minimum absolute atomic E-state index is 0.0664. The molecule has 1 aromatic heterocycles. The quantitative estimate of drug-likeness (QED) is 0.807. The van der Waals surface area contributed by atoms with E-state index in [1.54, 1.807) is 15.2 Å². The lowest BCUT2D eigenvalue weighted by atomic mass is 9.84. The van der Waals surface area contributed by atoms with Crippen LogP contribution in [0.5, 0.6) is 0 Å². The molecule has 1 amide bonds. The van der Waals surface area contributed by atoms with Gasteiger partial charge in [0.15, 0.2) is 0 Å². The highest BCUT2D eigenvalue weighted by Gasteiger charge is 2.35. The third-order valence-electron chi connectivity index (χ3n) is 5.39. The zero-order valence-electron chi connectivity index (χ0n) is 14.6. The second-order valence-corrected chi connectivity index (χ2v) is 9.08. The summed E-state index contributed by atoms with van der Waals surface area (Å²) in [5.41, 5.74) is 1.46. The van der Waals surface area contributed by atoms with Crippen LogP contribution in [0.25, 0.3) is 0 Å². The van der Waals surface area contributed by atoms with Gasteiger partial charge in [-0.05, 0) is 38.0 Å². The number of hydrogen-bond acceptors (Lipinski definition) is 4. The first-order chi connectivity index (χ1) is 11.3. The molecule has 24 heavy (non-hydrogen) atoms. The summed E-state index contributed by atoms with van der Waals surface area (Å²) in [5, 5.41) is 4.25. The Kier molecular flexibility index (Phi) is 4.70. The Bertz CT molecular complexity index is 720. The van der Waals surface area contributed by atoms with Crippen LogP contribution < -0.4 is 0 Å². The smallest absolute Gasteiger partial charge is 0.257 e. The fraction of sp³-hybridized carbons (Fsp3) is 0.750. The lowest BCUT2D eigenvalue weighted by molar-refractivity contribution is 0.0778. The van der Waals surface area contributed by atoms with Crippen LogP contribution in [0.2, 0.25) is 0 Å². The van der Waals surface area contributed by atoms with E-state index in [4.69, 9.17) is 0 Å². The molecule has 0 aromatic carbocycles. The molecule has 2 aliphatic rings. The maximum Gasteiger partial charge on any atom is 0.257 e. The van der Waals surface area contributed by atoms with Crippen molar-refractivity contribution in [1.82, 2.24) is 19.0 Å². The van der Waals surface area contributed by atoms with Crippen molar-refractivity contribution < 1.29 is 13.2 Å². The zero-order chi connectivity index (χ0) is 17.5. The Balaban J connectivity index is 1.58. The highest BCUT2D eigenvalue weighted by molar-refractivity contribution is 7.88. The molecule has 1 unspecified atom stereocenters. The predicted molar refractivity (Wildman–Crippen MR) is 91.1 cm³/mol. The summed E-state index contributed by atoms with van der Waals surface area (Å²) in [6.45, 7) is 4.63. The Morgan fingerprint density at radius 1 is 1.17 bits per heavy atom. The first-order valence-electron chi connectivity index (χ1n) is 8.50. The Morgan fingerprint density at radius 2 is 1.79 bits per heavy atom. The molecule has 1 aromatic rings. The molecule has 2 saturated heterocycles. The molecule has 0 radical (unpaired) electrons. The van der Waals surface area contributed by atoms with E-state index < -0.39 is 10.0 Å². The number of sulfonamides is 1. The van der Waals surface area contributed by atoms with Crippen molar-refractivity contribution in [3.63, 3.8) is 0 Å². The van der Waals surface area contributed by atoms with Crippen molar-refractivity contribution in [1.29, 1.82) is 0 Å². The van der Waals surface area contributed by atoms with Gasteiger partial charge in [0.2, 0.25) is 10.0 Å². The topological polar surface area (TPSA) is 75.5 Å². The summed E-state index contributed by atoms with van der Waals surface area (Å²) < 4.78 is 26.5. The van der Waals surface area contributed by atoms with Gasteiger partial charge >= 0.3 is 0 Å². The zero-order valence-corrected chi connectivity index (χ0v) is 15.4. The molecule has 1 atom stereocenters. The first kappa shape index (κ1) is 17.4. The Morgan fingerprint density at radius 3 is 2.33 bits per heavy atom. The van der Waals surface area contributed by atoms with E-state index in [9.17, 15) is 13.2 Å². The predicted octanol–water partition coefficient (Wildman–Crippen LogP) is 0.862. The van der Waals surface area contributed by atoms with Crippen molar-refractivity contribution in [3.05, 3.63) is 17.5 Å². The summed E-state index contributed by atoms with van der Waals surface area (Å²) in [6.07, 6.45) is 5.86. The lowest BCUT2D eigenvalue weighted by Gasteiger charge is -2.33. The summed E-state index contributed by atoms with van der Waals surface area (Å²) in [4.78, 5) is 14.6. The molecule has 2 aliphatic heterocycles. The Hall–Kier alpha value is -1.41. The monoisotopic (exact) mass is 354 g/mol. The number of carbonyl (C=O) groups excluding carboxylic acids is 1. The fourth-order valence-electron chi connectivity index (χ4n) is 4.02. The summed E-state index contributed by atoms with van der Waals surface area (Å²) in [6, 6.07) is 0. The van der Waals surface area contributed by atoms with E-state index in [0.717, 1.165) is 38.0 Å². The van der Waals surface area contributed by atoms with Gasteiger partial charge < -0.3 is 4.90 Å². The second kappa shape index (κ2) is 6.48. The highest BCUT2D eigenvalue weighted by atomic mass is 32.2. The number of aromatic nitrogens is 2. The van der Waals surface area contributed by atoms with Crippen LogP contribution in [0.4, 0.5) is 0 Å². The minimum atomic E-state index is -3.08. The van der Waals surface area contributed by atoms with Gasteiger partial charge in [0.05, 0.1) is 17.5 Å². The van der Waals surface area contributed by atoms with Crippen molar-refractivity contribution >= 4 is 15.9 Å². The van der Waals surface area contributed by atoms with Gasteiger partial charge in [-0.3, -0.25) is 9.48 Å². The van der Waals surface area contributed by atoms with Crippen LogP contribution in [-0.4, -0.2) is 65.7 Å². The number of amides is 1. The maximum atomic E-state index is 12.7. The third kappa shape index (κ3) is 3.49. The highest BCUT2D eigenvalue weighted by Crippen LogP contribution is 2.33. The minimum Gasteiger partial charge on any atom is -0.338 e. The van der Waals surface area contributed by atoms with E-state index in [1.807, 2.05) is 18.9 Å². The molecule has 0 aliphatic carbocycles. The number of carbonyl (C=O) groups is 1. The maximum absolute atomic E-state index is 12.7. The van der Waals surface area contributed by atoms with Crippen LogP contribution in [0.3, 0.4) is 0 Å². The Labute approximate surface area is 143 Å².